The number of nitrogens with zero attached hydrogens (tertiary/aromatic N) is 2. The molecule has 0 saturated carbocycles. The molecule has 6 aromatic rings. The first-order chi connectivity index (χ1) is 32.5. The molecule has 2 aliphatic carbocycles. The Kier molecular flexibility index (Phi) is 18.2. The summed E-state index contributed by atoms with van der Waals surface area (Å²) in [5.41, 5.74) is 16.3. The zero-order chi connectivity index (χ0) is 48.6. The van der Waals surface area contributed by atoms with Crippen molar-refractivity contribution in [3.8, 4) is 12.8 Å². The lowest BCUT2D eigenvalue weighted by Crippen LogP contribution is -2.35. The molecule has 0 N–H and O–H groups in total. The minimum atomic E-state index is 0.101. The lowest BCUT2D eigenvalue weighted by Gasteiger charge is -2.41. The number of rotatable bonds is 14. The van der Waals surface area contributed by atoms with Gasteiger partial charge in [-0.05, 0) is 152 Å². The number of anilines is 5. The highest BCUT2D eigenvalue weighted by atomic mass is 15.1. The SMILES string of the molecule is C#C.C=CCC(C)(CC)c1ccc(N(c2ccccc2)c2ccccc2)cc1.CC.CCC(CC)(c1ccc2c(c1)C(C)(C)C(C)=C2C)C1C=CC(N(c2ccccc2)c2ccccc2)=CC1. The van der Waals surface area contributed by atoms with E-state index in [4.69, 9.17) is 0 Å². The summed E-state index contributed by atoms with van der Waals surface area (Å²) in [5, 5.41) is 0. The van der Waals surface area contributed by atoms with Gasteiger partial charge in [0.05, 0.1) is 0 Å². The Labute approximate surface area is 406 Å². The summed E-state index contributed by atoms with van der Waals surface area (Å²) in [7, 11) is 0. The van der Waals surface area contributed by atoms with E-state index < -0.39 is 0 Å². The van der Waals surface area contributed by atoms with Crippen LogP contribution in [0.1, 0.15) is 124 Å². The fourth-order valence-electron chi connectivity index (χ4n) is 10.2. The van der Waals surface area contributed by atoms with Crippen LogP contribution in [0.3, 0.4) is 0 Å². The van der Waals surface area contributed by atoms with Crippen LogP contribution in [-0.2, 0) is 16.2 Å². The highest BCUT2D eigenvalue weighted by molar-refractivity contribution is 5.79. The van der Waals surface area contributed by atoms with E-state index in [2.05, 4.69) is 267 Å². The number of hydrogen-bond acceptors (Lipinski definition) is 2. The van der Waals surface area contributed by atoms with Crippen molar-refractivity contribution in [3.05, 3.63) is 228 Å². The molecule has 0 amide bonds. The molecule has 346 valence electrons. The van der Waals surface area contributed by atoms with Crippen molar-refractivity contribution in [1.29, 1.82) is 0 Å². The summed E-state index contributed by atoms with van der Waals surface area (Å²) in [5.74, 6) is 0.470. The van der Waals surface area contributed by atoms with Crippen LogP contribution < -0.4 is 9.80 Å². The minimum absolute atomic E-state index is 0.101. The van der Waals surface area contributed by atoms with Gasteiger partial charge in [0, 0.05) is 45.0 Å². The second-order valence-corrected chi connectivity index (χ2v) is 18.3. The molecular formula is C65H76N2. The second-order valence-electron chi connectivity index (χ2n) is 18.3. The third-order valence-corrected chi connectivity index (χ3v) is 14.7. The maximum absolute atomic E-state index is 4.00. The molecule has 0 fully saturated rings. The smallest absolute Gasteiger partial charge is 0.0461 e. The first-order valence-corrected chi connectivity index (χ1v) is 24.6. The Bertz CT molecular complexity index is 2490. The number of fused-ring (bicyclic) bond motifs is 1. The fraction of sp³-hybridized carbons (Fsp3) is 0.292. The van der Waals surface area contributed by atoms with Gasteiger partial charge in [0.25, 0.3) is 0 Å². The fourth-order valence-corrected chi connectivity index (χ4v) is 10.2. The van der Waals surface area contributed by atoms with Crippen LogP contribution in [0.15, 0.2) is 206 Å². The van der Waals surface area contributed by atoms with E-state index in [0.29, 0.717) is 5.92 Å². The molecule has 0 heterocycles. The maximum Gasteiger partial charge on any atom is 0.0461 e. The van der Waals surface area contributed by atoms with Crippen LogP contribution in [0.25, 0.3) is 5.57 Å². The van der Waals surface area contributed by atoms with E-state index in [1.54, 1.807) is 0 Å². The Morgan fingerprint density at radius 1 is 0.612 bits per heavy atom. The van der Waals surface area contributed by atoms with Crippen molar-refractivity contribution >= 4 is 34.0 Å². The molecule has 2 nitrogen and oxygen atoms in total. The van der Waals surface area contributed by atoms with Crippen molar-refractivity contribution < 1.29 is 0 Å². The molecule has 0 aliphatic heterocycles. The van der Waals surface area contributed by atoms with Crippen molar-refractivity contribution in [3.63, 3.8) is 0 Å². The monoisotopic (exact) mass is 885 g/mol. The van der Waals surface area contributed by atoms with Gasteiger partial charge in [-0.2, -0.15) is 0 Å². The summed E-state index contributed by atoms with van der Waals surface area (Å²) >= 11 is 0. The van der Waals surface area contributed by atoms with Gasteiger partial charge in [0.15, 0.2) is 0 Å². The highest BCUT2D eigenvalue weighted by Gasteiger charge is 2.40. The van der Waals surface area contributed by atoms with Crippen molar-refractivity contribution in [2.75, 3.05) is 9.80 Å². The molecular weight excluding hydrogens is 809 g/mol. The normalized spacial score (nSPS) is 15.4. The predicted molar refractivity (Wildman–Crippen MR) is 295 cm³/mol. The number of para-hydroxylation sites is 4. The molecule has 67 heavy (non-hydrogen) atoms. The molecule has 0 spiro atoms. The number of terminal acetylenes is 1. The van der Waals surface area contributed by atoms with E-state index in [-0.39, 0.29) is 16.2 Å². The average Bonchev–Trinajstić information content (AvgIpc) is 3.56. The zero-order valence-electron chi connectivity index (χ0n) is 42.3. The van der Waals surface area contributed by atoms with Gasteiger partial charge >= 0.3 is 0 Å². The van der Waals surface area contributed by atoms with Crippen molar-refractivity contribution in [2.45, 2.75) is 118 Å². The number of hydrogen-bond donors (Lipinski definition) is 0. The largest absolute Gasteiger partial charge is 0.311 e. The lowest BCUT2D eigenvalue weighted by molar-refractivity contribution is 0.292. The molecule has 6 aromatic carbocycles. The molecule has 0 radical (unpaired) electrons. The maximum atomic E-state index is 4.00. The molecule has 2 atom stereocenters. The van der Waals surface area contributed by atoms with E-state index in [1.807, 2.05) is 19.9 Å². The van der Waals surface area contributed by atoms with Gasteiger partial charge in [-0.1, -0.05) is 182 Å². The summed E-state index contributed by atoms with van der Waals surface area (Å²) in [6.07, 6.45) is 22.7. The summed E-state index contributed by atoms with van der Waals surface area (Å²) in [6.45, 7) is 26.6. The van der Waals surface area contributed by atoms with Gasteiger partial charge in [-0.15, -0.1) is 19.4 Å². The second kappa shape index (κ2) is 23.8. The van der Waals surface area contributed by atoms with E-state index in [9.17, 15) is 0 Å². The van der Waals surface area contributed by atoms with Crippen LogP contribution in [-0.4, -0.2) is 0 Å². The number of benzene rings is 6. The van der Waals surface area contributed by atoms with Crippen LogP contribution in [0, 0.1) is 18.8 Å². The van der Waals surface area contributed by atoms with E-state index >= 15 is 0 Å². The Balaban J connectivity index is 0.000000246. The molecule has 2 aliphatic rings. The summed E-state index contributed by atoms with van der Waals surface area (Å²) < 4.78 is 0. The topological polar surface area (TPSA) is 6.48 Å². The van der Waals surface area contributed by atoms with Gasteiger partial charge in [0.1, 0.15) is 0 Å². The van der Waals surface area contributed by atoms with Crippen LogP contribution in [0.2, 0.25) is 0 Å². The third-order valence-electron chi connectivity index (χ3n) is 14.7. The molecule has 2 heteroatoms. The van der Waals surface area contributed by atoms with E-state index in [1.165, 1.54) is 56.2 Å². The minimum Gasteiger partial charge on any atom is -0.311 e. The average molecular weight is 885 g/mol. The molecule has 0 saturated heterocycles. The van der Waals surface area contributed by atoms with Crippen LogP contribution in [0.4, 0.5) is 28.4 Å². The number of allylic oxidation sites excluding steroid dienone is 6. The van der Waals surface area contributed by atoms with Crippen LogP contribution in [0.5, 0.6) is 0 Å². The quantitative estimate of drug-likeness (QED) is 0.0794. The third kappa shape index (κ3) is 11.0. The standard InChI is InChI=1S/C36H41N.C25H27N.C2H6.C2H2/c1-7-36(8-2,29-21-24-33-26(3)27(4)35(5,6)34(33)25-29)28-19-22-32(23-20-28)37(30-15-11-9-12-16-30)31-17-13-10-14-18-31;1-4-20-25(3,5-2)21-16-18-24(19-17-21)26(22-12-8-6-9-13-22)23-14-10-7-11-15-23;2*1-2/h9-19,21-25,28H,7-8,20H2,1-6H3;4,6-19H,1,5,20H2,2-3H3;1-2H3;1-2H. The predicted octanol–water partition coefficient (Wildman–Crippen LogP) is 18.8. The summed E-state index contributed by atoms with van der Waals surface area (Å²) in [6, 6.07) is 58.8. The van der Waals surface area contributed by atoms with Crippen molar-refractivity contribution in [1.82, 2.24) is 0 Å². The molecule has 0 bridgehead atoms. The highest BCUT2D eigenvalue weighted by Crippen LogP contribution is 2.50. The Hall–Kier alpha value is -6.56. The van der Waals surface area contributed by atoms with Crippen LogP contribution >= 0.6 is 0 Å². The molecule has 8 rings (SSSR count). The molecule has 0 aromatic heterocycles. The molecule has 2 unspecified atom stereocenters. The van der Waals surface area contributed by atoms with Gasteiger partial charge in [-0.3, -0.25) is 0 Å². The Morgan fingerprint density at radius 2 is 1.04 bits per heavy atom. The van der Waals surface area contributed by atoms with Gasteiger partial charge < -0.3 is 9.80 Å². The summed E-state index contributed by atoms with van der Waals surface area (Å²) in [4.78, 5) is 4.67. The first-order valence-electron chi connectivity index (χ1n) is 24.6. The van der Waals surface area contributed by atoms with Gasteiger partial charge in [0.2, 0.25) is 0 Å². The first kappa shape index (κ1) is 51.4. The van der Waals surface area contributed by atoms with Crippen molar-refractivity contribution in [2.24, 2.45) is 5.92 Å². The van der Waals surface area contributed by atoms with E-state index in [0.717, 1.165) is 43.5 Å². The van der Waals surface area contributed by atoms with Gasteiger partial charge in [-0.25, -0.2) is 0 Å². The lowest BCUT2D eigenvalue weighted by atomic mass is 9.64. The zero-order valence-corrected chi connectivity index (χ0v) is 42.3. The Morgan fingerprint density at radius 3 is 1.45 bits per heavy atom.